The van der Waals surface area contributed by atoms with Gasteiger partial charge in [-0.2, -0.15) is 0 Å². The van der Waals surface area contributed by atoms with Crippen LogP contribution in [0.25, 0.3) is 0 Å². The van der Waals surface area contributed by atoms with Crippen LogP contribution < -0.4 is 0 Å². The molecule has 27 heavy (non-hydrogen) atoms. The molecule has 0 radical (unpaired) electrons. The van der Waals surface area contributed by atoms with E-state index in [0.717, 1.165) is 48.2 Å². The van der Waals surface area contributed by atoms with Gasteiger partial charge in [0.2, 0.25) is 0 Å². The van der Waals surface area contributed by atoms with Gasteiger partial charge in [-0.25, -0.2) is 0 Å². The Kier molecular flexibility index (Phi) is 5.81. The summed E-state index contributed by atoms with van der Waals surface area (Å²) in [6, 6.07) is 8.63. The van der Waals surface area contributed by atoms with Gasteiger partial charge in [-0.05, 0) is 50.3 Å². The first-order chi connectivity index (χ1) is 13.2. The quantitative estimate of drug-likeness (QED) is 0.706. The second-order valence-corrected chi connectivity index (χ2v) is 8.62. The molecule has 1 saturated carbocycles. The molecule has 2 fully saturated rings. The van der Waals surface area contributed by atoms with E-state index in [-0.39, 0.29) is 5.91 Å². The van der Waals surface area contributed by atoms with Crippen LogP contribution in [-0.4, -0.2) is 38.7 Å². The highest BCUT2D eigenvalue weighted by molar-refractivity contribution is 7.98. The lowest BCUT2D eigenvalue weighted by atomic mass is 9.95. The largest absolute Gasteiger partial charge is 0.339 e. The number of carbonyl (C=O) groups is 1. The number of benzene rings is 1. The smallest absolute Gasteiger partial charge is 0.253 e. The summed E-state index contributed by atoms with van der Waals surface area (Å²) in [5.74, 6) is 2.04. The summed E-state index contributed by atoms with van der Waals surface area (Å²) in [6.45, 7) is 3.85. The summed E-state index contributed by atoms with van der Waals surface area (Å²) in [5.41, 5.74) is 2.01. The fourth-order valence-electron chi connectivity index (χ4n) is 4.20. The second kappa shape index (κ2) is 8.46. The summed E-state index contributed by atoms with van der Waals surface area (Å²) < 4.78 is 2.34. The minimum Gasteiger partial charge on any atom is -0.339 e. The van der Waals surface area contributed by atoms with E-state index in [0.29, 0.717) is 6.04 Å². The van der Waals surface area contributed by atoms with Gasteiger partial charge in [0, 0.05) is 30.4 Å². The van der Waals surface area contributed by atoms with Gasteiger partial charge in [0.25, 0.3) is 5.91 Å². The average Bonchev–Trinajstić information content (AvgIpc) is 3.37. The highest BCUT2D eigenvalue weighted by Crippen LogP contribution is 2.33. The molecule has 0 bridgehead atoms. The molecule has 2 heterocycles. The van der Waals surface area contributed by atoms with Crippen LogP contribution in [0.2, 0.25) is 0 Å². The predicted octanol–water partition coefficient (Wildman–Crippen LogP) is 4.62. The highest BCUT2D eigenvalue weighted by atomic mass is 32.2. The van der Waals surface area contributed by atoms with Gasteiger partial charge in [-0.15, -0.1) is 10.2 Å². The Labute approximate surface area is 165 Å². The number of hydrogen-bond acceptors (Lipinski definition) is 4. The first-order valence-electron chi connectivity index (χ1n) is 10.1. The average molecular weight is 385 g/mol. The zero-order chi connectivity index (χ0) is 18.6. The highest BCUT2D eigenvalue weighted by Gasteiger charge is 2.22. The van der Waals surface area contributed by atoms with Crippen molar-refractivity contribution >= 4 is 17.7 Å². The maximum Gasteiger partial charge on any atom is 0.253 e. The molecule has 1 aromatic carbocycles. The van der Waals surface area contributed by atoms with Crippen molar-refractivity contribution in [1.82, 2.24) is 19.7 Å². The maximum absolute atomic E-state index is 12.5. The number of thioether (sulfide) groups is 1. The molecular weight excluding hydrogens is 356 g/mol. The zero-order valence-electron chi connectivity index (χ0n) is 16.1. The van der Waals surface area contributed by atoms with Crippen molar-refractivity contribution in [2.45, 2.75) is 68.8 Å². The standard InChI is InChI=1S/C21H28N4OS/c1-16-22-23-21(25(16)19-7-3-2-4-8-19)27-15-17-9-11-18(12-10-17)20(26)24-13-5-6-14-24/h9-12,19H,2-8,13-15H2,1H3. The zero-order valence-corrected chi connectivity index (χ0v) is 16.9. The molecule has 1 amide bonds. The Morgan fingerprint density at radius 3 is 2.44 bits per heavy atom. The molecule has 144 valence electrons. The molecule has 0 unspecified atom stereocenters. The normalized spacial score (nSPS) is 18.2. The van der Waals surface area contributed by atoms with Crippen LogP contribution in [0.5, 0.6) is 0 Å². The van der Waals surface area contributed by atoms with E-state index < -0.39 is 0 Å². The van der Waals surface area contributed by atoms with Gasteiger partial charge in [-0.3, -0.25) is 4.79 Å². The number of carbonyl (C=O) groups excluding carboxylic acids is 1. The summed E-state index contributed by atoms with van der Waals surface area (Å²) in [5, 5.41) is 9.77. The molecule has 0 atom stereocenters. The number of likely N-dealkylation sites (tertiary alicyclic amines) is 1. The second-order valence-electron chi connectivity index (χ2n) is 7.68. The molecule has 2 aliphatic rings. The minimum atomic E-state index is 0.166. The first-order valence-corrected chi connectivity index (χ1v) is 11.1. The lowest BCUT2D eigenvalue weighted by Crippen LogP contribution is -2.27. The van der Waals surface area contributed by atoms with Crippen LogP contribution in [0, 0.1) is 6.92 Å². The maximum atomic E-state index is 12.5. The molecular formula is C21H28N4OS. The summed E-state index contributed by atoms with van der Waals surface area (Å²) >= 11 is 1.75. The number of aromatic nitrogens is 3. The van der Waals surface area contributed by atoms with E-state index in [4.69, 9.17) is 0 Å². The Morgan fingerprint density at radius 1 is 1.04 bits per heavy atom. The van der Waals surface area contributed by atoms with Crippen LogP contribution >= 0.6 is 11.8 Å². The number of nitrogens with zero attached hydrogens (tertiary/aromatic N) is 4. The third-order valence-electron chi connectivity index (χ3n) is 5.74. The SMILES string of the molecule is Cc1nnc(SCc2ccc(C(=O)N3CCCC3)cc2)n1C1CCCCC1. The van der Waals surface area contributed by atoms with Crippen LogP contribution in [0.1, 0.15) is 72.7 Å². The van der Waals surface area contributed by atoms with Gasteiger partial charge in [0.1, 0.15) is 5.82 Å². The van der Waals surface area contributed by atoms with Gasteiger partial charge < -0.3 is 9.47 Å². The van der Waals surface area contributed by atoms with E-state index in [1.165, 1.54) is 37.7 Å². The number of hydrogen-bond donors (Lipinski definition) is 0. The Balaban J connectivity index is 1.40. The molecule has 5 nitrogen and oxygen atoms in total. The van der Waals surface area contributed by atoms with E-state index in [1.807, 2.05) is 17.0 Å². The fraction of sp³-hybridized carbons (Fsp3) is 0.571. The van der Waals surface area contributed by atoms with Crippen LogP contribution in [0.4, 0.5) is 0 Å². The van der Waals surface area contributed by atoms with Crippen LogP contribution in [0.15, 0.2) is 29.4 Å². The van der Waals surface area contributed by atoms with Crippen molar-refractivity contribution in [3.05, 3.63) is 41.2 Å². The number of aryl methyl sites for hydroxylation is 1. The number of rotatable bonds is 5. The Bertz CT molecular complexity index is 774. The molecule has 0 N–H and O–H groups in total. The Morgan fingerprint density at radius 2 is 1.74 bits per heavy atom. The fourth-order valence-corrected chi connectivity index (χ4v) is 5.21. The minimum absolute atomic E-state index is 0.166. The molecule has 6 heteroatoms. The van der Waals surface area contributed by atoms with Crippen molar-refractivity contribution in [2.75, 3.05) is 13.1 Å². The molecule has 1 aliphatic heterocycles. The summed E-state index contributed by atoms with van der Waals surface area (Å²) in [6.07, 6.45) is 8.68. The molecule has 2 aromatic rings. The van der Waals surface area contributed by atoms with Crippen molar-refractivity contribution < 1.29 is 4.79 Å². The third-order valence-corrected chi connectivity index (χ3v) is 6.75. The monoisotopic (exact) mass is 384 g/mol. The predicted molar refractivity (Wildman–Crippen MR) is 108 cm³/mol. The van der Waals surface area contributed by atoms with Gasteiger partial charge in [-0.1, -0.05) is 43.2 Å². The first kappa shape index (κ1) is 18.5. The van der Waals surface area contributed by atoms with Gasteiger partial charge in [0.05, 0.1) is 0 Å². The van der Waals surface area contributed by atoms with E-state index in [1.54, 1.807) is 11.8 Å². The van der Waals surface area contributed by atoms with Crippen molar-refractivity contribution in [3.63, 3.8) is 0 Å². The molecule has 1 aromatic heterocycles. The molecule has 0 spiro atoms. The van der Waals surface area contributed by atoms with Crippen molar-refractivity contribution in [3.8, 4) is 0 Å². The van der Waals surface area contributed by atoms with Gasteiger partial charge >= 0.3 is 0 Å². The lowest BCUT2D eigenvalue weighted by Gasteiger charge is -2.25. The van der Waals surface area contributed by atoms with Gasteiger partial charge in [0.15, 0.2) is 5.16 Å². The van der Waals surface area contributed by atoms with E-state index >= 15 is 0 Å². The summed E-state index contributed by atoms with van der Waals surface area (Å²) in [7, 11) is 0. The van der Waals surface area contributed by atoms with E-state index in [2.05, 4.69) is 33.8 Å². The van der Waals surface area contributed by atoms with Crippen LogP contribution in [0.3, 0.4) is 0 Å². The van der Waals surface area contributed by atoms with Crippen molar-refractivity contribution in [1.29, 1.82) is 0 Å². The molecule has 1 aliphatic carbocycles. The van der Waals surface area contributed by atoms with Crippen molar-refractivity contribution in [2.24, 2.45) is 0 Å². The number of amides is 1. The lowest BCUT2D eigenvalue weighted by molar-refractivity contribution is 0.0793. The Hall–Kier alpha value is -1.82. The molecule has 1 saturated heterocycles. The molecule has 4 rings (SSSR count). The van der Waals surface area contributed by atoms with Crippen LogP contribution in [-0.2, 0) is 5.75 Å². The van der Waals surface area contributed by atoms with E-state index in [9.17, 15) is 4.79 Å². The third kappa shape index (κ3) is 4.21. The summed E-state index contributed by atoms with van der Waals surface area (Å²) in [4.78, 5) is 14.4. The topological polar surface area (TPSA) is 51.0 Å².